The van der Waals surface area contributed by atoms with Crippen molar-refractivity contribution >= 4 is 28.9 Å². The predicted octanol–water partition coefficient (Wildman–Crippen LogP) is 3.50. The van der Waals surface area contributed by atoms with Gasteiger partial charge in [0.2, 0.25) is 5.91 Å². The molecule has 0 spiro atoms. The number of nitrogens with zero attached hydrogens (tertiary/aromatic N) is 1. The molecule has 2 amide bonds. The van der Waals surface area contributed by atoms with Gasteiger partial charge in [-0.1, -0.05) is 25.1 Å². The van der Waals surface area contributed by atoms with Crippen LogP contribution in [0, 0.1) is 17.0 Å². The molecule has 0 aliphatic rings. The number of rotatable bonds is 5. The molecule has 0 saturated carbocycles. The molecular formula is C17H17N3O4. The van der Waals surface area contributed by atoms with Gasteiger partial charge < -0.3 is 10.6 Å². The van der Waals surface area contributed by atoms with E-state index >= 15 is 0 Å². The number of carbonyl (C=O) groups excluding carboxylic acids is 2. The molecule has 0 aliphatic heterocycles. The normalized spacial score (nSPS) is 10.1. The Morgan fingerprint density at radius 2 is 1.83 bits per heavy atom. The van der Waals surface area contributed by atoms with Crippen LogP contribution in [0.1, 0.15) is 29.3 Å². The first-order valence-electron chi connectivity index (χ1n) is 7.37. The zero-order chi connectivity index (χ0) is 17.7. The average molecular weight is 327 g/mol. The summed E-state index contributed by atoms with van der Waals surface area (Å²) in [6.07, 6.45) is 0.340. The van der Waals surface area contributed by atoms with Gasteiger partial charge in [0, 0.05) is 23.9 Å². The van der Waals surface area contributed by atoms with Crippen LogP contribution >= 0.6 is 0 Å². The maximum Gasteiger partial charge on any atom is 0.282 e. The molecule has 2 aromatic rings. The molecule has 0 saturated heterocycles. The summed E-state index contributed by atoms with van der Waals surface area (Å²) in [5.74, 6) is -0.723. The Balaban J connectivity index is 2.25. The molecule has 24 heavy (non-hydrogen) atoms. The lowest BCUT2D eigenvalue weighted by atomic mass is 10.1. The Morgan fingerprint density at radius 3 is 2.50 bits per heavy atom. The fraction of sp³-hybridized carbons (Fsp3) is 0.176. The molecule has 0 heterocycles. The largest absolute Gasteiger partial charge is 0.326 e. The van der Waals surface area contributed by atoms with Gasteiger partial charge in [-0.2, -0.15) is 0 Å². The lowest BCUT2D eigenvalue weighted by Gasteiger charge is -2.11. The quantitative estimate of drug-likeness (QED) is 0.648. The molecule has 2 N–H and O–H groups in total. The van der Waals surface area contributed by atoms with Crippen molar-refractivity contribution in [3.05, 3.63) is 63.7 Å². The Labute approximate surface area is 138 Å². The Bertz CT molecular complexity index is 802. The summed E-state index contributed by atoms with van der Waals surface area (Å²) in [6.45, 7) is 3.57. The molecule has 0 fully saturated rings. The highest BCUT2D eigenvalue weighted by atomic mass is 16.6. The maximum absolute atomic E-state index is 12.3. The van der Waals surface area contributed by atoms with Gasteiger partial charge in [0.1, 0.15) is 5.56 Å². The predicted molar refractivity (Wildman–Crippen MR) is 91.1 cm³/mol. The molecule has 0 aromatic heterocycles. The smallest absolute Gasteiger partial charge is 0.282 e. The number of anilines is 2. The zero-order valence-electron chi connectivity index (χ0n) is 13.3. The molecule has 2 aromatic carbocycles. The average Bonchev–Trinajstić information content (AvgIpc) is 2.57. The van der Waals surface area contributed by atoms with Gasteiger partial charge in [-0.25, -0.2) is 0 Å². The maximum atomic E-state index is 12.3. The molecule has 7 nitrogen and oxygen atoms in total. The van der Waals surface area contributed by atoms with Gasteiger partial charge in [-0.15, -0.1) is 0 Å². The summed E-state index contributed by atoms with van der Waals surface area (Å²) in [5.41, 5.74) is 1.58. The fourth-order valence-corrected chi connectivity index (χ4v) is 2.10. The third-order valence-corrected chi connectivity index (χ3v) is 3.44. The number of hydrogen-bond donors (Lipinski definition) is 2. The van der Waals surface area contributed by atoms with Gasteiger partial charge in [0.05, 0.1) is 4.92 Å². The van der Waals surface area contributed by atoms with Crippen molar-refractivity contribution < 1.29 is 14.5 Å². The molecule has 0 atom stereocenters. The van der Waals surface area contributed by atoms with E-state index in [0.29, 0.717) is 17.8 Å². The number of nitrogens with one attached hydrogen (secondary N) is 2. The molecule has 124 valence electrons. The van der Waals surface area contributed by atoms with Crippen molar-refractivity contribution in [2.45, 2.75) is 20.3 Å². The molecular weight excluding hydrogens is 310 g/mol. The number of nitro groups is 1. The number of para-hydroxylation sites is 1. The van der Waals surface area contributed by atoms with Crippen LogP contribution in [0.25, 0.3) is 0 Å². The van der Waals surface area contributed by atoms with E-state index in [1.807, 2.05) is 6.92 Å². The Kier molecular flexibility index (Phi) is 5.26. The molecule has 7 heteroatoms. The van der Waals surface area contributed by atoms with Gasteiger partial charge >= 0.3 is 0 Å². The standard InChI is InChI=1S/C17H17N3O4/c1-3-16(21)19-14-10-12(9-8-11(14)2)18-17(22)13-6-4-5-7-15(13)20(23)24/h4-10H,3H2,1-2H3,(H,18,22)(H,19,21). The van der Waals surface area contributed by atoms with E-state index in [9.17, 15) is 19.7 Å². The van der Waals surface area contributed by atoms with Crippen molar-refractivity contribution in [3.63, 3.8) is 0 Å². The van der Waals surface area contributed by atoms with Gasteiger partial charge in [-0.05, 0) is 30.7 Å². The minimum atomic E-state index is -0.600. The first-order chi connectivity index (χ1) is 11.4. The highest BCUT2D eigenvalue weighted by Gasteiger charge is 2.19. The number of carbonyl (C=O) groups is 2. The van der Waals surface area contributed by atoms with Crippen molar-refractivity contribution in [1.29, 1.82) is 0 Å². The van der Waals surface area contributed by atoms with Gasteiger partial charge in [-0.3, -0.25) is 19.7 Å². The summed E-state index contributed by atoms with van der Waals surface area (Å²) < 4.78 is 0. The molecule has 0 aliphatic carbocycles. The third kappa shape index (κ3) is 3.95. The third-order valence-electron chi connectivity index (χ3n) is 3.44. The van der Waals surface area contributed by atoms with Crippen LogP contribution < -0.4 is 10.6 Å². The lowest BCUT2D eigenvalue weighted by Crippen LogP contribution is -2.15. The van der Waals surface area contributed by atoms with Crippen molar-refractivity contribution in [3.8, 4) is 0 Å². The second kappa shape index (κ2) is 7.36. The van der Waals surface area contributed by atoms with Crippen LogP contribution in [-0.2, 0) is 4.79 Å². The lowest BCUT2D eigenvalue weighted by molar-refractivity contribution is -0.385. The van der Waals surface area contributed by atoms with Crippen LogP contribution in [0.2, 0.25) is 0 Å². The van der Waals surface area contributed by atoms with E-state index in [-0.39, 0.29) is 17.2 Å². The summed E-state index contributed by atoms with van der Waals surface area (Å²) >= 11 is 0. The highest BCUT2D eigenvalue weighted by molar-refractivity contribution is 6.07. The van der Waals surface area contributed by atoms with Crippen LogP contribution in [-0.4, -0.2) is 16.7 Å². The molecule has 0 radical (unpaired) electrons. The minimum Gasteiger partial charge on any atom is -0.326 e. The van der Waals surface area contributed by atoms with E-state index < -0.39 is 10.8 Å². The molecule has 0 bridgehead atoms. The van der Waals surface area contributed by atoms with E-state index in [1.165, 1.54) is 18.2 Å². The number of nitro benzene ring substituents is 1. The Hall–Kier alpha value is -3.22. The molecule has 0 unspecified atom stereocenters. The van der Waals surface area contributed by atoms with Crippen LogP contribution in [0.4, 0.5) is 17.1 Å². The summed E-state index contributed by atoms with van der Waals surface area (Å²) in [7, 11) is 0. The van der Waals surface area contributed by atoms with Crippen LogP contribution in [0.5, 0.6) is 0 Å². The van der Waals surface area contributed by atoms with Crippen LogP contribution in [0.15, 0.2) is 42.5 Å². The topological polar surface area (TPSA) is 101 Å². The molecule has 2 rings (SSSR count). The highest BCUT2D eigenvalue weighted by Crippen LogP contribution is 2.23. The summed E-state index contributed by atoms with van der Waals surface area (Å²) in [5, 5.41) is 16.4. The van der Waals surface area contributed by atoms with Crippen molar-refractivity contribution in [1.82, 2.24) is 0 Å². The van der Waals surface area contributed by atoms with Gasteiger partial charge in [0.15, 0.2) is 0 Å². The second-order valence-electron chi connectivity index (χ2n) is 5.16. The van der Waals surface area contributed by atoms with E-state index in [2.05, 4.69) is 10.6 Å². The summed E-state index contributed by atoms with van der Waals surface area (Å²) in [4.78, 5) is 34.3. The fourth-order valence-electron chi connectivity index (χ4n) is 2.10. The van der Waals surface area contributed by atoms with E-state index in [0.717, 1.165) is 5.56 Å². The Morgan fingerprint density at radius 1 is 1.12 bits per heavy atom. The summed E-state index contributed by atoms with van der Waals surface area (Å²) in [6, 6.07) is 10.8. The van der Waals surface area contributed by atoms with Crippen LogP contribution in [0.3, 0.4) is 0 Å². The minimum absolute atomic E-state index is 0.0257. The van der Waals surface area contributed by atoms with E-state index in [4.69, 9.17) is 0 Å². The number of benzene rings is 2. The van der Waals surface area contributed by atoms with Crippen molar-refractivity contribution in [2.75, 3.05) is 10.6 Å². The van der Waals surface area contributed by atoms with Crippen molar-refractivity contribution in [2.24, 2.45) is 0 Å². The number of aryl methyl sites for hydroxylation is 1. The first-order valence-corrected chi connectivity index (χ1v) is 7.37. The number of amides is 2. The zero-order valence-corrected chi connectivity index (χ0v) is 13.3. The SMILES string of the molecule is CCC(=O)Nc1cc(NC(=O)c2ccccc2[N+](=O)[O-])ccc1C. The second-order valence-corrected chi connectivity index (χ2v) is 5.16. The van der Waals surface area contributed by atoms with Gasteiger partial charge in [0.25, 0.3) is 11.6 Å². The monoisotopic (exact) mass is 327 g/mol. The number of hydrogen-bond acceptors (Lipinski definition) is 4. The first kappa shape index (κ1) is 17.1. The van der Waals surface area contributed by atoms with E-state index in [1.54, 1.807) is 31.2 Å².